The zero-order chi connectivity index (χ0) is 40.0. The second-order valence-electron chi connectivity index (χ2n) is 16.9. The molecule has 0 bridgehead atoms. The van der Waals surface area contributed by atoms with Crippen LogP contribution >= 0.6 is 0 Å². The standard InChI is InChI=1S/C57H42N2Si/c1-57(2)51-30-15-12-27-45(51)48-34-35-49-46-28-13-17-32-53(46)59(56(49)55(48)57)40-21-18-26-43(37-40)60(41-22-8-4-9-23-41,42-24-10-5-11-25-42)44-33-36-54-50(38-44)47-29-14-16-31-52(47)58(54)39-19-6-3-7-20-39/h3-38H,1-2H3. The molecule has 0 unspecified atom stereocenters. The fourth-order valence-electron chi connectivity index (χ4n) is 10.9. The van der Waals surface area contributed by atoms with Crippen LogP contribution in [-0.2, 0) is 5.41 Å². The van der Waals surface area contributed by atoms with E-state index in [1.54, 1.807) is 0 Å². The van der Waals surface area contributed by atoms with E-state index in [0.717, 1.165) is 0 Å². The number of nitrogens with zero attached hydrogens (tertiary/aromatic N) is 2. The summed E-state index contributed by atoms with van der Waals surface area (Å²) < 4.78 is 5.00. The summed E-state index contributed by atoms with van der Waals surface area (Å²) in [6.07, 6.45) is 0. The van der Waals surface area contributed by atoms with Crippen LogP contribution in [0.25, 0.3) is 66.1 Å². The van der Waals surface area contributed by atoms with Crippen molar-refractivity contribution < 1.29 is 0 Å². The summed E-state index contributed by atoms with van der Waals surface area (Å²) in [6.45, 7) is 4.81. The van der Waals surface area contributed by atoms with Gasteiger partial charge in [0, 0.05) is 38.3 Å². The lowest BCUT2D eigenvalue weighted by Crippen LogP contribution is -2.74. The molecule has 2 aromatic heterocycles. The van der Waals surface area contributed by atoms with Gasteiger partial charge in [-0.15, -0.1) is 0 Å². The molecule has 3 heteroatoms. The van der Waals surface area contributed by atoms with E-state index in [9.17, 15) is 0 Å². The zero-order valence-electron chi connectivity index (χ0n) is 33.7. The maximum Gasteiger partial charge on any atom is 0.179 e. The van der Waals surface area contributed by atoms with Crippen LogP contribution in [0.3, 0.4) is 0 Å². The van der Waals surface area contributed by atoms with Crippen LogP contribution in [0.5, 0.6) is 0 Å². The fraction of sp³-hybridized carbons (Fsp3) is 0.0526. The normalized spacial score (nSPS) is 13.3. The van der Waals surface area contributed by atoms with Gasteiger partial charge in [-0.3, -0.25) is 0 Å². The summed E-state index contributed by atoms with van der Waals surface area (Å²) in [5.74, 6) is 0. The Morgan fingerprint density at radius 3 is 1.60 bits per heavy atom. The highest BCUT2D eigenvalue weighted by atomic mass is 28.3. The van der Waals surface area contributed by atoms with Gasteiger partial charge in [0.25, 0.3) is 0 Å². The molecule has 0 amide bonds. The molecule has 60 heavy (non-hydrogen) atoms. The molecule has 9 aromatic carbocycles. The fourth-order valence-corrected chi connectivity index (χ4v) is 15.7. The Hall–Kier alpha value is -7.20. The van der Waals surface area contributed by atoms with E-state index >= 15 is 0 Å². The average molecular weight is 783 g/mol. The number of benzene rings is 9. The molecule has 0 saturated carbocycles. The molecule has 1 aliphatic rings. The van der Waals surface area contributed by atoms with Gasteiger partial charge in [-0.1, -0.05) is 190 Å². The monoisotopic (exact) mass is 782 g/mol. The smallest absolute Gasteiger partial charge is 0.179 e. The lowest BCUT2D eigenvalue weighted by atomic mass is 9.81. The summed E-state index contributed by atoms with van der Waals surface area (Å²) in [7, 11) is -2.98. The third-order valence-corrected chi connectivity index (χ3v) is 18.2. The minimum atomic E-state index is -2.98. The number of aromatic nitrogens is 2. The van der Waals surface area contributed by atoms with Crippen molar-refractivity contribution in [3.05, 3.63) is 230 Å². The summed E-state index contributed by atoms with van der Waals surface area (Å²) >= 11 is 0. The minimum Gasteiger partial charge on any atom is -0.309 e. The molecule has 0 fully saturated rings. The Morgan fingerprint density at radius 2 is 0.883 bits per heavy atom. The van der Waals surface area contributed by atoms with Gasteiger partial charge in [0.1, 0.15) is 0 Å². The molecule has 11 aromatic rings. The summed E-state index contributed by atoms with van der Waals surface area (Å²) in [6, 6.07) is 82.0. The Labute approximate surface area is 351 Å². The third kappa shape index (κ3) is 4.81. The maximum atomic E-state index is 2.58. The van der Waals surface area contributed by atoms with E-state index in [2.05, 4.69) is 241 Å². The average Bonchev–Trinajstić information content (AvgIpc) is 3.91. The van der Waals surface area contributed by atoms with Crippen LogP contribution in [0, 0.1) is 0 Å². The number of fused-ring (bicyclic) bond motifs is 10. The van der Waals surface area contributed by atoms with Gasteiger partial charge in [0.05, 0.1) is 22.1 Å². The second kappa shape index (κ2) is 13.2. The van der Waals surface area contributed by atoms with E-state index < -0.39 is 8.07 Å². The molecular formula is C57H42N2Si. The summed E-state index contributed by atoms with van der Waals surface area (Å²) in [5.41, 5.74) is 12.6. The number of para-hydroxylation sites is 3. The van der Waals surface area contributed by atoms with Gasteiger partial charge in [0.2, 0.25) is 0 Å². The predicted molar refractivity (Wildman–Crippen MR) is 256 cm³/mol. The van der Waals surface area contributed by atoms with Crippen LogP contribution in [0.2, 0.25) is 0 Å². The van der Waals surface area contributed by atoms with Crippen molar-refractivity contribution in [2.75, 3.05) is 0 Å². The Bertz CT molecular complexity index is 3410. The highest BCUT2D eigenvalue weighted by Gasteiger charge is 2.43. The van der Waals surface area contributed by atoms with Gasteiger partial charge in [-0.25, -0.2) is 0 Å². The van der Waals surface area contributed by atoms with Gasteiger partial charge < -0.3 is 9.13 Å². The van der Waals surface area contributed by atoms with Crippen LogP contribution < -0.4 is 20.7 Å². The summed E-state index contributed by atoms with van der Waals surface area (Å²) in [4.78, 5) is 0. The number of hydrogen-bond donors (Lipinski definition) is 0. The highest BCUT2D eigenvalue weighted by Crippen LogP contribution is 2.52. The molecule has 2 nitrogen and oxygen atoms in total. The van der Waals surface area contributed by atoms with Gasteiger partial charge in [0.15, 0.2) is 8.07 Å². The van der Waals surface area contributed by atoms with E-state index in [4.69, 9.17) is 0 Å². The molecular weight excluding hydrogens is 741 g/mol. The molecule has 284 valence electrons. The maximum absolute atomic E-state index is 2.98. The lowest BCUT2D eigenvalue weighted by molar-refractivity contribution is 0.664. The van der Waals surface area contributed by atoms with Crippen molar-refractivity contribution in [1.82, 2.24) is 9.13 Å². The van der Waals surface area contributed by atoms with Gasteiger partial charge in [-0.2, -0.15) is 0 Å². The van der Waals surface area contributed by atoms with Crippen molar-refractivity contribution >= 4 is 72.4 Å². The van der Waals surface area contributed by atoms with E-state index in [-0.39, 0.29) is 5.41 Å². The quantitative estimate of drug-likeness (QED) is 0.117. The molecule has 2 heterocycles. The zero-order valence-corrected chi connectivity index (χ0v) is 34.7. The first-order chi connectivity index (χ1) is 29.5. The van der Waals surface area contributed by atoms with Crippen molar-refractivity contribution in [3.8, 4) is 22.5 Å². The predicted octanol–water partition coefficient (Wildman–Crippen LogP) is 11.6. The third-order valence-electron chi connectivity index (χ3n) is 13.4. The molecule has 0 N–H and O–H groups in total. The van der Waals surface area contributed by atoms with E-state index in [1.807, 2.05) is 0 Å². The molecule has 0 atom stereocenters. The van der Waals surface area contributed by atoms with Crippen molar-refractivity contribution in [3.63, 3.8) is 0 Å². The molecule has 0 radical (unpaired) electrons. The number of hydrogen-bond acceptors (Lipinski definition) is 0. The van der Waals surface area contributed by atoms with Gasteiger partial charge in [-0.05, 0) is 85.5 Å². The largest absolute Gasteiger partial charge is 0.309 e. The van der Waals surface area contributed by atoms with E-state index in [0.29, 0.717) is 0 Å². The minimum absolute atomic E-state index is 0.171. The van der Waals surface area contributed by atoms with Crippen LogP contribution in [0.15, 0.2) is 218 Å². The van der Waals surface area contributed by atoms with Crippen molar-refractivity contribution in [2.45, 2.75) is 19.3 Å². The molecule has 1 aliphatic carbocycles. The highest BCUT2D eigenvalue weighted by molar-refractivity contribution is 7.20. The van der Waals surface area contributed by atoms with Crippen molar-refractivity contribution in [2.24, 2.45) is 0 Å². The van der Waals surface area contributed by atoms with Crippen molar-refractivity contribution in [1.29, 1.82) is 0 Å². The molecule has 0 spiro atoms. The SMILES string of the molecule is CC1(C)c2ccccc2-c2ccc3c4ccccc4n(-c4cccc([Si](c5ccccc5)(c5ccccc5)c5ccc6c(c5)c5ccccc5n6-c5ccccc5)c4)c3c21. The Balaban J connectivity index is 1.18. The Kier molecular flexibility index (Phi) is 7.63. The van der Waals surface area contributed by atoms with Gasteiger partial charge >= 0.3 is 0 Å². The van der Waals surface area contributed by atoms with E-state index in [1.165, 1.54) is 98.0 Å². The number of rotatable bonds is 6. The first-order valence-electron chi connectivity index (χ1n) is 21.0. The molecule has 12 rings (SSSR count). The van der Waals surface area contributed by atoms with Crippen LogP contribution in [0.1, 0.15) is 25.0 Å². The molecule has 0 saturated heterocycles. The molecule has 0 aliphatic heterocycles. The van der Waals surface area contributed by atoms with Crippen LogP contribution in [-0.4, -0.2) is 17.2 Å². The lowest BCUT2D eigenvalue weighted by Gasteiger charge is -2.35. The first kappa shape index (κ1) is 34.8. The first-order valence-corrected chi connectivity index (χ1v) is 23.0. The van der Waals surface area contributed by atoms with Crippen LogP contribution in [0.4, 0.5) is 0 Å². The summed E-state index contributed by atoms with van der Waals surface area (Å²) in [5, 5.41) is 10.5. The second-order valence-corrected chi connectivity index (χ2v) is 20.7. The topological polar surface area (TPSA) is 9.86 Å². The Morgan fingerprint density at radius 1 is 0.350 bits per heavy atom.